The zero-order valence-electron chi connectivity index (χ0n) is 13.3. The van der Waals surface area contributed by atoms with Gasteiger partial charge >= 0.3 is 0 Å². The first-order chi connectivity index (χ1) is 9.66. The van der Waals surface area contributed by atoms with Crippen LogP contribution < -0.4 is 5.32 Å². The standard InChI is InChI=1S/C16H29N3O.ClH/c1-16(7-8-17-12-16)13-18-10-5-14(6-11-18)19-9-3-2-4-15(19)20;/h14,17H,2-13H2,1H3;1H. The topological polar surface area (TPSA) is 35.6 Å². The fourth-order valence-electron chi connectivity index (χ4n) is 4.15. The molecule has 0 aromatic heterocycles. The van der Waals surface area contributed by atoms with Gasteiger partial charge in [-0.25, -0.2) is 0 Å². The molecule has 3 heterocycles. The first kappa shape index (κ1) is 17.0. The van der Waals surface area contributed by atoms with Crippen LogP contribution in [0.3, 0.4) is 0 Å². The second kappa shape index (κ2) is 7.30. The van der Waals surface area contributed by atoms with Crippen LogP contribution in [0.5, 0.6) is 0 Å². The molecule has 5 heteroatoms. The van der Waals surface area contributed by atoms with Crippen molar-refractivity contribution in [1.29, 1.82) is 0 Å². The van der Waals surface area contributed by atoms with Crippen molar-refractivity contribution in [3.63, 3.8) is 0 Å². The maximum atomic E-state index is 12.0. The maximum Gasteiger partial charge on any atom is 0.222 e. The summed E-state index contributed by atoms with van der Waals surface area (Å²) in [7, 11) is 0. The predicted molar refractivity (Wildman–Crippen MR) is 87.9 cm³/mol. The van der Waals surface area contributed by atoms with E-state index in [1.807, 2.05) is 0 Å². The van der Waals surface area contributed by atoms with E-state index in [4.69, 9.17) is 0 Å². The smallest absolute Gasteiger partial charge is 0.222 e. The van der Waals surface area contributed by atoms with Gasteiger partial charge in [0.1, 0.15) is 0 Å². The summed E-state index contributed by atoms with van der Waals surface area (Å²) >= 11 is 0. The second-order valence-electron chi connectivity index (χ2n) is 7.29. The molecule has 3 aliphatic heterocycles. The van der Waals surface area contributed by atoms with Crippen LogP contribution in [-0.2, 0) is 4.79 Å². The predicted octanol–water partition coefficient (Wildman–Crippen LogP) is 1.88. The Morgan fingerprint density at radius 1 is 1.24 bits per heavy atom. The lowest BCUT2D eigenvalue weighted by molar-refractivity contribution is -0.136. The highest BCUT2D eigenvalue weighted by molar-refractivity contribution is 5.85. The van der Waals surface area contributed by atoms with Gasteiger partial charge in [-0.1, -0.05) is 6.92 Å². The summed E-state index contributed by atoms with van der Waals surface area (Å²) in [6, 6.07) is 0.522. The Hall–Kier alpha value is -0.320. The maximum absolute atomic E-state index is 12.0. The van der Waals surface area contributed by atoms with E-state index in [9.17, 15) is 4.79 Å². The Kier molecular flexibility index (Phi) is 5.92. The van der Waals surface area contributed by atoms with Crippen LogP contribution in [0.4, 0.5) is 0 Å². The fourth-order valence-corrected chi connectivity index (χ4v) is 4.15. The molecule has 0 saturated carbocycles. The fraction of sp³-hybridized carbons (Fsp3) is 0.938. The van der Waals surface area contributed by atoms with Crippen LogP contribution in [0.15, 0.2) is 0 Å². The molecule has 0 bridgehead atoms. The molecule has 3 aliphatic rings. The summed E-state index contributed by atoms with van der Waals surface area (Å²) in [4.78, 5) is 16.8. The lowest BCUT2D eigenvalue weighted by Crippen LogP contribution is -2.50. The molecule has 1 amide bonds. The molecule has 3 fully saturated rings. The summed E-state index contributed by atoms with van der Waals surface area (Å²) in [5, 5.41) is 3.49. The summed E-state index contributed by atoms with van der Waals surface area (Å²) < 4.78 is 0. The van der Waals surface area contributed by atoms with Gasteiger partial charge in [0, 0.05) is 45.2 Å². The summed E-state index contributed by atoms with van der Waals surface area (Å²) in [5.74, 6) is 0.404. The molecule has 1 N–H and O–H groups in total. The third-order valence-electron chi connectivity index (χ3n) is 5.42. The highest BCUT2D eigenvalue weighted by Crippen LogP contribution is 2.28. The van der Waals surface area contributed by atoms with Crippen LogP contribution in [0.2, 0.25) is 0 Å². The monoisotopic (exact) mass is 315 g/mol. The molecule has 3 saturated heterocycles. The third-order valence-corrected chi connectivity index (χ3v) is 5.42. The molecule has 0 radical (unpaired) electrons. The van der Waals surface area contributed by atoms with Crippen molar-refractivity contribution in [3.05, 3.63) is 0 Å². The van der Waals surface area contributed by atoms with Gasteiger partial charge in [0.15, 0.2) is 0 Å². The average molecular weight is 316 g/mol. The summed E-state index contributed by atoms with van der Waals surface area (Å²) in [6.07, 6.45) is 6.74. The van der Waals surface area contributed by atoms with Crippen molar-refractivity contribution in [2.24, 2.45) is 5.41 Å². The Bertz CT molecular complexity index is 349. The molecule has 21 heavy (non-hydrogen) atoms. The van der Waals surface area contributed by atoms with Gasteiger partial charge in [0.2, 0.25) is 5.91 Å². The average Bonchev–Trinajstić information content (AvgIpc) is 2.87. The number of piperidine rings is 2. The molecular weight excluding hydrogens is 286 g/mol. The molecule has 1 unspecified atom stereocenters. The van der Waals surface area contributed by atoms with E-state index < -0.39 is 0 Å². The van der Waals surface area contributed by atoms with Crippen LogP contribution in [0.1, 0.15) is 45.4 Å². The van der Waals surface area contributed by atoms with Crippen molar-refractivity contribution in [3.8, 4) is 0 Å². The zero-order valence-corrected chi connectivity index (χ0v) is 14.1. The first-order valence-electron chi connectivity index (χ1n) is 8.39. The quantitative estimate of drug-likeness (QED) is 0.864. The number of hydrogen-bond donors (Lipinski definition) is 1. The minimum atomic E-state index is 0. The lowest BCUT2D eigenvalue weighted by Gasteiger charge is -2.42. The number of rotatable bonds is 3. The molecular formula is C16H30ClN3O. The van der Waals surface area contributed by atoms with E-state index in [1.165, 1.54) is 51.9 Å². The van der Waals surface area contributed by atoms with E-state index in [1.54, 1.807) is 0 Å². The van der Waals surface area contributed by atoms with Gasteiger partial charge in [-0.3, -0.25) is 4.79 Å². The Labute approximate surface area is 135 Å². The molecule has 0 aromatic carbocycles. The van der Waals surface area contributed by atoms with E-state index in [-0.39, 0.29) is 12.4 Å². The van der Waals surface area contributed by atoms with Gasteiger partial charge < -0.3 is 15.1 Å². The van der Waals surface area contributed by atoms with Gasteiger partial charge in [-0.05, 0) is 44.1 Å². The number of nitrogens with zero attached hydrogens (tertiary/aromatic N) is 2. The molecule has 0 aliphatic carbocycles. The van der Waals surface area contributed by atoms with E-state index >= 15 is 0 Å². The highest BCUT2D eigenvalue weighted by Gasteiger charge is 2.34. The Balaban J connectivity index is 0.00000161. The van der Waals surface area contributed by atoms with Crippen molar-refractivity contribution in [1.82, 2.24) is 15.1 Å². The second-order valence-corrected chi connectivity index (χ2v) is 7.29. The number of carbonyl (C=O) groups is 1. The van der Waals surface area contributed by atoms with Crippen molar-refractivity contribution in [2.75, 3.05) is 39.3 Å². The normalized spacial score (nSPS) is 32.2. The van der Waals surface area contributed by atoms with Crippen LogP contribution in [0, 0.1) is 5.41 Å². The molecule has 3 rings (SSSR count). The van der Waals surface area contributed by atoms with Gasteiger partial charge in [-0.15, -0.1) is 12.4 Å². The molecule has 0 aromatic rings. The SMILES string of the molecule is CC1(CN2CCC(N3CCCCC3=O)CC2)CCNC1.Cl. The van der Waals surface area contributed by atoms with E-state index in [0.717, 1.165) is 25.9 Å². The van der Waals surface area contributed by atoms with E-state index in [0.29, 0.717) is 17.4 Å². The molecule has 122 valence electrons. The van der Waals surface area contributed by atoms with E-state index in [2.05, 4.69) is 22.0 Å². The van der Waals surface area contributed by atoms with Crippen molar-refractivity contribution >= 4 is 18.3 Å². The van der Waals surface area contributed by atoms with Crippen molar-refractivity contribution < 1.29 is 4.79 Å². The largest absolute Gasteiger partial charge is 0.340 e. The number of amides is 1. The summed E-state index contributed by atoms with van der Waals surface area (Å²) in [6.45, 7) is 9.32. The van der Waals surface area contributed by atoms with Crippen molar-refractivity contribution in [2.45, 2.75) is 51.5 Å². The third kappa shape index (κ3) is 4.11. The Morgan fingerprint density at radius 3 is 2.62 bits per heavy atom. The Morgan fingerprint density at radius 2 is 2.00 bits per heavy atom. The number of carbonyl (C=O) groups excluding carboxylic acids is 1. The number of likely N-dealkylation sites (tertiary alicyclic amines) is 2. The van der Waals surface area contributed by atoms with Gasteiger partial charge in [0.05, 0.1) is 0 Å². The molecule has 1 atom stereocenters. The minimum absolute atomic E-state index is 0. The number of hydrogen-bond acceptors (Lipinski definition) is 3. The summed E-state index contributed by atoms with van der Waals surface area (Å²) in [5.41, 5.74) is 0.466. The minimum Gasteiger partial charge on any atom is -0.340 e. The van der Waals surface area contributed by atoms with Gasteiger partial charge in [0.25, 0.3) is 0 Å². The van der Waals surface area contributed by atoms with Crippen LogP contribution >= 0.6 is 12.4 Å². The highest BCUT2D eigenvalue weighted by atomic mass is 35.5. The van der Waals surface area contributed by atoms with Crippen LogP contribution in [-0.4, -0.2) is 61.0 Å². The number of halogens is 1. The number of nitrogens with one attached hydrogen (secondary N) is 1. The van der Waals surface area contributed by atoms with Gasteiger partial charge in [-0.2, -0.15) is 0 Å². The first-order valence-corrected chi connectivity index (χ1v) is 8.39. The lowest BCUT2D eigenvalue weighted by atomic mass is 9.88. The molecule has 0 spiro atoms. The van der Waals surface area contributed by atoms with Crippen LogP contribution in [0.25, 0.3) is 0 Å². The molecule has 4 nitrogen and oxygen atoms in total. The zero-order chi connectivity index (χ0) is 14.0.